The molecule has 2 aromatic carbocycles. The van der Waals surface area contributed by atoms with E-state index in [0.29, 0.717) is 23.8 Å². The number of carbonyl (C=O) groups excluding carboxylic acids is 1. The maximum atomic E-state index is 12.3. The lowest BCUT2D eigenvalue weighted by Crippen LogP contribution is -2.27. The van der Waals surface area contributed by atoms with Gasteiger partial charge < -0.3 is 14.4 Å². The number of thioether (sulfide) groups is 1. The normalized spacial score (nSPS) is 10.3. The van der Waals surface area contributed by atoms with E-state index in [9.17, 15) is 4.79 Å². The number of benzene rings is 2. The first-order valence-electron chi connectivity index (χ1n) is 7.70. The number of amides is 1. The smallest absolute Gasteiger partial charge is 0.232 e. The Morgan fingerprint density at radius 1 is 1.00 bits per heavy atom. The molecule has 128 valence electrons. The van der Waals surface area contributed by atoms with Gasteiger partial charge in [-0.3, -0.25) is 4.79 Å². The Morgan fingerprint density at radius 2 is 1.71 bits per heavy atom. The Kier molecular flexibility index (Phi) is 7.00. The first-order valence-corrected chi connectivity index (χ1v) is 8.86. The average Bonchev–Trinajstić information content (AvgIpc) is 2.62. The van der Waals surface area contributed by atoms with Crippen LogP contribution in [0.15, 0.2) is 48.5 Å². The third kappa shape index (κ3) is 5.20. The van der Waals surface area contributed by atoms with E-state index >= 15 is 0 Å². The van der Waals surface area contributed by atoms with E-state index in [0.717, 1.165) is 11.3 Å². The molecular weight excluding hydrogens is 322 g/mol. The summed E-state index contributed by atoms with van der Waals surface area (Å²) in [6.45, 7) is 0.547. The third-order valence-electron chi connectivity index (χ3n) is 3.63. The Balaban J connectivity index is 1.85. The predicted molar refractivity (Wildman–Crippen MR) is 98.6 cm³/mol. The Morgan fingerprint density at radius 3 is 2.38 bits per heavy atom. The average molecular weight is 345 g/mol. The number of nitrogens with zero attached hydrogens (tertiary/aromatic N) is 1. The summed E-state index contributed by atoms with van der Waals surface area (Å²) in [7, 11) is 5.04. The van der Waals surface area contributed by atoms with Crippen LogP contribution < -0.4 is 9.47 Å². The SMILES string of the molecule is COc1ccc(CN(C)C(=O)CSCc2ccccc2)cc1OC. The van der Waals surface area contributed by atoms with Crippen LogP contribution in [0.5, 0.6) is 11.5 Å². The van der Waals surface area contributed by atoms with Gasteiger partial charge in [-0.15, -0.1) is 11.8 Å². The fourth-order valence-corrected chi connectivity index (χ4v) is 3.21. The molecule has 2 rings (SSSR count). The number of methoxy groups -OCH3 is 2. The second-order valence-corrected chi connectivity index (χ2v) is 6.40. The molecule has 0 bridgehead atoms. The first-order chi connectivity index (χ1) is 11.6. The van der Waals surface area contributed by atoms with Crippen LogP contribution in [-0.2, 0) is 17.1 Å². The fraction of sp³-hybridized carbons (Fsp3) is 0.316. The Bertz CT molecular complexity index is 661. The highest BCUT2D eigenvalue weighted by molar-refractivity contribution is 7.99. The van der Waals surface area contributed by atoms with Gasteiger partial charge in [0.2, 0.25) is 5.91 Å². The Labute approximate surface area is 147 Å². The topological polar surface area (TPSA) is 38.8 Å². The predicted octanol–water partition coefficient (Wildman–Crippen LogP) is 3.60. The number of ether oxygens (including phenoxy) is 2. The van der Waals surface area contributed by atoms with Crippen molar-refractivity contribution in [2.75, 3.05) is 27.0 Å². The molecule has 2 aromatic rings. The molecule has 0 heterocycles. The summed E-state index contributed by atoms with van der Waals surface area (Å²) in [4.78, 5) is 14.0. The first kappa shape index (κ1) is 18.2. The van der Waals surface area contributed by atoms with Crippen molar-refractivity contribution in [3.05, 3.63) is 59.7 Å². The highest BCUT2D eigenvalue weighted by Gasteiger charge is 2.11. The lowest BCUT2D eigenvalue weighted by atomic mass is 10.2. The molecule has 5 heteroatoms. The van der Waals surface area contributed by atoms with E-state index in [2.05, 4.69) is 12.1 Å². The molecule has 0 saturated carbocycles. The minimum Gasteiger partial charge on any atom is -0.493 e. The van der Waals surface area contributed by atoms with Gasteiger partial charge in [-0.25, -0.2) is 0 Å². The van der Waals surface area contributed by atoms with Crippen molar-refractivity contribution in [3.63, 3.8) is 0 Å². The zero-order chi connectivity index (χ0) is 17.4. The molecule has 0 saturated heterocycles. The molecule has 0 spiro atoms. The molecule has 1 amide bonds. The summed E-state index contributed by atoms with van der Waals surface area (Å²) in [5.41, 5.74) is 2.24. The summed E-state index contributed by atoms with van der Waals surface area (Å²) in [5.74, 6) is 2.80. The molecule has 0 aromatic heterocycles. The van der Waals surface area contributed by atoms with Crippen LogP contribution in [0, 0.1) is 0 Å². The Hall–Kier alpha value is -2.14. The van der Waals surface area contributed by atoms with Crippen molar-refractivity contribution in [1.82, 2.24) is 4.90 Å². The van der Waals surface area contributed by atoms with Gasteiger partial charge in [-0.1, -0.05) is 36.4 Å². The molecular formula is C19H23NO3S. The van der Waals surface area contributed by atoms with Gasteiger partial charge in [0.25, 0.3) is 0 Å². The van der Waals surface area contributed by atoms with Crippen LogP contribution in [0.1, 0.15) is 11.1 Å². The van der Waals surface area contributed by atoms with Crippen molar-refractivity contribution in [2.24, 2.45) is 0 Å². The standard InChI is InChI=1S/C19H23NO3S/c1-20(12-16-9-10-17(22-2)18(11-16)23-3)19(21)14-24-13-15-7-5-4-6-8-15/h4-11H,12-14H2,1-3H3. The maximum Gasteiger partial charge on any atom is 0.232 e. The van der Waals surface area contributed by atoms with Crippen LogP contribution in [0.25, 0.3) is 0 Å². The van der Waals surface area contributed by atoms with Crippen LogP contribution >= 0.6 is 11.8 Å². The highest BCUT2D eigenvalue weighted by atomic mass is 32.2. The molecule has 0 aliphatic heterocycles. The number of hydrogen-bond donors (Lipinski definition) is 0. The zero-order valence-electron chi connectivity index (χ0n) is 14.3. The molecule has 0 atom stereocenters. The van der Waals surface area contributed by atoms with Crippen molar-refractivity contribution in [2.45, 2.75) is 12.3 Å². The number of hydrogen-bond acceptors (Lipinski definition) is 4. The lowest BCUT2D eigenvalue weighted by Gasteiger charge is -2.18. The third-order valence-corrected chi connectivity index (χ3v) is 4.62. The van der Waals surface area contributed by atoms with Gasteiger partial charge in [0.1, 0.15) is 0 Å². The second kappa shape index (κ2) is 9.23. The van der Waals surface area contributed by atoms with Gasteiger partial charge >= 0.3 is 0 Å². The highest BCUT2D eigenvalue weighted by Crippen LogP contribution is 2.28. The van der Waals surface area contributed by atoms with Crippen molar-refractivity contribution < 1.29 is 14.3 Å². The van der Waals surface area contributed by atoms with E-state index in [1.54, 1.807) is 30.9 Å². The summed E-state index contributed by atoms with van der Waals surface area (Å²) < 4.78 is 10.5. The van der Waals surface area contributed by atoms with Crippen molar-refractivity contribution >= 4 is 17.7 Å². The fourth-order valence-electron chi connectivity index (χ4n) is 2.28. The largest absolute Gasteiger partial charge is 0.493 e. The monoisotopic (exact) mass is 345 g/mol. The zero-order valence-corrected chi connectivity index (χ0v) is 15.1. The summed E-state index contributed by atoms with van der Waals surface area (Å²) in [6, 6.07) is 15.9. The summed E-state index contributed by atoms with van der Waals surface area (Å²) in [5, 5.41) is 0. The quantitative estimate of drug-likeness (QED) is 0.733. The second-order valence-electron chi connectivity index (χ2n) is 5.42. The molecule has 0 radical (unpaired) electrons. The molecule has 0 N–H and O–H groups in total. The van der Waals surface area contributed by atoms with Crippen LogP contribution in [0.4, 0.5) is 0 Å². The van der Waals surface area contributed by atoms with Gasteiger partial charge in [-0.05, 0) is 23.3 Å². The number of carbonyl (C=O) groups is 1. The van der Waals surface area contributed by atoms with Gasteiger partial charge in [-0.2, -0.15) is 0 Å². The van der Waals surface area contributed by atoms with Crippen LogP contribution in [-0.4, -0.2) is 37.8 Å². The van der Waals surface area contributed by atoms with Crippen LogP contribution in [0.2, 0.25) is 0 Å². The van der Waals surface area contributed by atoms with E-state index in [-0.39, 0.29) is 5.91 Å². The van der Waals surface area contributed by atoms with E-state index in [1.165, 1.54) is 5.56 Å². The van der Waals surface area contributed by atoms with E-state index < -0.39 is 0 Å². The van der Waals surface area contributed by atoms with Gasteiger partial charge in [0.05, 0.1) is 20.0 Å². The number of rotatable bonds is 8. The van der Waals surface area contributed by atoms with E-state index in [4.69, 9.17) is 9.47 Å². The summed E-state index contributed by atoms with van der Waals surface area (Å²) >= 11 is 1.63. The molecule has 0 unspecified atom stereocenters. The van der Waals surface area contributed by atoms with Gasteiger partial charge in [0, 0.05) is 19.3 Å². The molecule has 4 nitrogen and oxygen atoms in total. The minimum absolute atomic E-state index is 0.116. The maximum absolute atomic E-state index is 12.3. The van der Waals surface area contributed by atoms with Crippen molar-refractivity contribution in [3.8, 4) is 11.5 Å². The summed E-state index contributed by atoms with van der Waals surface area (Å²) in [6.07, 6.45) is 0. The molecule has 0 aliphatic carbocycles. The van der Waals surface area contributed by atoms with Crippen molar-refractivity contribution in [1.29, 1.82) is 0 Å². The minimum atomic E-state index is 0.116. The molecule has 0 aliphatic rings. The van der Waals surface area contributed by atoms with E-state index in [1.807, 2.05) is 43.4 Å². The van der Waals surface area contributed by atoms with Crippen LogP contribution in [0.3, 0.4) is 0 Å². The lowest BCUT2D eigenvalue weighted by molar-refractivity contribution is -0.127. The molecule has 0 fully saturated rings. The van der Waals surface area contributed by atoms with Gasteiger partial charge in [0.15, 0.2) is 11.5 Å². The molecule has 24 heavy (non-hydrogen) atoms.